The van der Waals surface area contributed by atoms with Gasteiger partial charge in [0.1, 0.15) is 11.3 Å². The summed E-state index contributed by atoms with van der Waals surface area (Å²) >= 11 is 17.2. The molecule has 0 saturated carbocycles. The van der Waals surface area contributed by atoms with E-state index in [4.69, 9.17) is 40.2 Å². The third-order valence-electron chi connectivity index (χ3n) is 4.70. The highest BCUT2D eigenvalue weighted by Gasteiger charge is 2.35. The van der Waals surface area contributed by atoms with E-state index < -0.39 is 11.8 Å². The molecule has 10 heteroatoms. The molecule has 1 aliphatic rings. The molecule has 1 aliphatic heterocycles. The topological polar surface area (TPSA) is 76.5 Å². The lowest BCUT2D eigenvalue weighted by molar-refractivity contribution is -0.122. The van der Waals surface area contributed by atoms with Crippen LogP contribution in [0.4, 0.5) is 5.69 Å². The number of carbonyl (C=O) groups is 2. The monoisotopic (exact) mass is 486 g/mol. The van der Waals surface area contributed by atoms with Crippen LogP contribution in [0.2, 0.25) is 10.0 Å². The van der Waals surface area contributed by atoms with Gasteiger partial charge in [0.25, 0.3) is 11.8 Å². The predicted molar refractivity (Wildman–Crippen MR) is 127 cm³/mol. The summed E-state index contributed by atoms with van der Waals surface area (Å²) in [5.41, 5.74) is 1.42. The summed E-state index contributed by atoms with van der Waals surface area (Å²) < 4.78 is 7.50. The van der Waals surface area contributed by atoms with E-state index in [9.17, 15) is 9.59 Å². The Morgan fingerprint density at radius 2 is 1.81 bits per heavy atom. The zero-order valence-electron chi connectivity index (χ0n) is 16.9. The normalized spacial score (nSPS) is 15.3. The van der Waals surface area contributed by atoms with Gasteiger partial charge in [-0.25, -0.2) is 4.68 Å². The molecular formula is C22H16Cl2N4O3S. The van der Waals surface area contributed by atoms with Gasteiger partial charge in [0.15, 0.2) is 5.11 Å². The van der Waals surface area contributed by atoms with Crippen LogP contribution in [0.25, 0.3) is 6.08 Å². The number of hydrogen-bond acceptors (Lipinski definition) is 5. The summed E-state index contributed by atoms with van der Waals surface area (Å²) in [6.07, 6.45) is 1.45. The van der Waals surface area contributed by atoms with Gasteiger partial charge in [0.05, 0.1) is 16.9 Å². The number of amides is 2. The third-order valence-corrected chi connectivity index (χ3v) is 5.47. The fourth-order valence-electron chi connectivity index (χ4n) is 3.21. The summed E-state index contributed by atoms with van der Waals surface area (Å²) in [5, 5.41) is 7.93. The Balaban J connectivity index is 1.75. The number of aryl methyl sites for hydroxylation is 2. The minimum absolute atomic E-state index is 0.0159. The van der Waals surface area contributed by atoms with Crippen LogP contribution in [0.1, 0.15) is 11.3 Å². The van der Waals surface area contributed by atoms with Crippen molar-refractivity contribution in [3.8, 4) is 11.6 Å². The fraction of sp³-hybridized carbons (Fsp3) is 0.0909. The highest BCUT2D eigenvalue weighted by atomic mass is 35.5. The number of nitrogens with one attached hydrogen (secondary N) is 1. The molecule has 0 radical (unpaired) electrons. The summed E-state index contributed by atoms with van der Waals surface area (Å²) in [5.74, 6) is -0.340. The standard InChI is InChI=1S/C22H16Cl2N4O3S/c1-12-17(21(27(2)26-12)31-16-5-3-4-14(24)10-16)11-18-19(29)25-22(32)28(20(18)30)15-8-6-13(23)7-9-15/h3-11H,1-2H3,(H,25,29,32). The number of halogens is 2. The molecule has 3 aromatic rings. The maximum absolute atomic E-state index is 13.3. The van der Waals surface area contributed by atoms with Crippen molar-refractivity contribution >= 4 is 64.1 Å². The second kappa shape index (κ2) is 8.74. The predicted octanol–water partition coefficient (Wildman–Crippen LogP) is 4.66. The molecule has 2 heterocycles. The number of nitrogens with zero attached hydrogens (tertiary/aromatic N) is 3. The van der Waals surface area contributed by atoms with E-state index in [1.165, 1.54) is 15.7 Å². The van der Waals surface area contributed by atoms with Crippen molar-refractivity contribution in [2.75, 3.05) is 4.90 Å². The van der Waals surface area contributed by atoms with Crippen LogP contribution < -0.4 is 15.0 Å². The van der Waals surface area contributed by atoms with E-state index in [0.717, 1.165) is 0 Å². The molecule has 162 valence electrons. The molecule has 0 spiro atoms. The van der Waals surface area contributed by atoms with Crippen LogP contribution >= 0.6 is 35.4 Å². The van der Waals surface area contributed by atoms with E-state index in [0.29, 0.717) is 38.6 Å². The highest BCUT2D eigenvalue weighted by molar-refractivity contribution is 7.80. The summed E-state index contributed by atoms with van der Waals surface area (Å²) in [6.45, 7) is 1.75. The van der Waals surface area contributed by atoms with Crippen molar-refractivity contribution in [2.45, 2.75) is 6.92 Å². The molecule has 0 unspecified atom stereocenters. The first-order chi connectivity index (χ1) is 15.2. The molecule has 2 aromatic carbocycles. The number of thiocarbonyl (C=S) groups is 1. The first kappa shape index (κ1) is 22.0. The maximum atomic E-state index is 13.3. The number of rotatable bonds is 4. The lowest BCUT2D eigenvalue weighted by atomic mass is 10.1. The minimum atomic E-state index is -0.609. The molecule has 1 N–H and O–H groups in total. The van der Waals surface area contributed by atoms with Gasteiger partial charge < -0.3 is 4.74 Å². The number of anilines is 1. The molecule has 1 fully saturated rings. The highest BCUT2D eigenvalue weighted by Crippen LogP contribution is 2.31. The molecule has 0 aliphatic carbocycles. The van der Waals surface area contributed by atoms with Crippen molar-refractivity contribution in [2.24, 2.45) is 7.05 Å². The summed E-state index contributed by atoms with van der Waals surface area (Å²) in [4.78, 5) is 27.2. The van der Waals surface area contributed by atoms with Crippen LogP contribution in [-0.4, -0.2) is 26.7 Å². The molecule has 0 atom stereocenters. The Hall–Kier alpha value is -3.20. The van der Waals surface area contributed by atoms with E-state index in [1.807, 2.05) is 0 Å². The lowest BCUT2D eigenvalue weighted by Gasteiger charge is -2.28. The third kappa shape index (κ3) is 4.25. The Morgan fingerprint density at radius 3 is 2.50 bits per heavy atom. The lowest BCUT2D eigenvalue weighted by Crippen LogP contribution is -2.54. The van der Waals surface area contributed by atoms with Gasteiger partial charge in [-0.1, -0.05) is 29.3 Å². The van der Waals surface area contributed by atoms with Crippen molar-refractivity contribution < 1.29 is 14.3 Å². The number of carbonyl (C=O) groups excluding carboxylic acids is 2. The average molecular weight is 487 g/mol. The number of aromatic nitrogens is 2. The van der Waals surface area contributed by atoms with Crippen molar-refractivity contribution in [3.05, 3.63) is 75.4 Å². The Bertz CT molecular complexity index is 1280. The summed E-state index contributed by atoms with van der Waals surface area (Å²) in [6, 6.07) is 13.4. The zero-order chi connectivity index (χ0) is 23.0. The fourth-order valence-corrected chi connectivity index (χ4v) is 3.80. The first-order valence-corrected chi connectivity index (χ1v) is 10.5. The number of ether oxygens (including phenoxy) is 1. The average Bonchev–Trinajstić information content (AvgIpc) is 2.99. The SMILES string of the molecule is Cc1nn(C)c(Oc2cccc(Cl)c2)c1C=C1C(=O)NC(=S)N(c2ccc(Cl)cc2)C1=O. The maximum Gasteiger partial charge on any atom is 0.270 e. The van der Waals surface area contributed by atoms with Gasteiger partial charge in [0, 0.05) is 17.1 Å². The molecular weight excluding hydrogens is 471 g/mol. The Kier molecular flexibility index (Phi) is 6.01. The van der Waals surface area contributed by atoms with Gasteiger partial charge in [-0.15, -0.1) is 0 Å². The largest absolute Gasteiger partial charge is 0.439 e. The van der Waals surface area contributed by atoms with Gasteiger partial charge in [-0.3, -0.25) is 19.8 Å². The van der Waals surface area contributed by atoms with Crippen LogP contribution in [0, 0.1) is 6.92 Å². The van der Waals surface area contributed by atoms with E-state index in [1.54, 1.807) is 62.5 Å². The second-order valence-electron chi connectivity index (χ2n) is 6.92. The number of hydrogen-bond donors (Lipinski definition) is 1. The molecule has 0 bridgehead atoms. The van der Waals surface area contributed by atoms with Gasteiger partial charge in [-0.2, -0.15) is 5.10 Å². The Labute approximate surface area is 199 Å². The van der Waals surface area contributed by atoms with Crippen LogP contribution in [0.3, 0.4) is 0 Å². The van der Waals surface area contributed by atoms with Crippen molar-refractivity contribution in [1.29, 1.82) is 0 Å². The van der Waals surface area contributed by atoms with Gasteiger partial charge in [0.2, 0.25) is 5.88 Å². The van der Waals surface area contributed by atoms with Gasteiger partial charge >= 0.3 is 0 Å². The molecule has 7 nitrogen and oxygen atoms in total. The van der Waals surface area contributed by atoms with Crippen LogP contribution in [0.5, 0.6) is 11.6 Å². The van der Waals surface area contributed by atoms with Crippen LogP contribution in [-0.2, 0) is 16.6 Å². The minimum Gasteiger partial charge on any atom is -0.439 e. The first-order valence-electron chi connectivity index (χ1n) is 9.38. The second-order valence-corrected chi connectivity index (χ2v) is 8.18. The van der Waals surface area contributed by atoms with Crippen molar-refractivity contribution in [1.82, 2.24) is 15.1 Å². The van der Waals surface area contributed by atoms with E-state index in [2.05, 4.69) is 10.4 Å². The number of benzene rings is 2. The Morgan fingerprint density at radius 1 is 1.09 bits per heavy atom. The van der Waals surface area contributed by atoms with Crippen LogP contribution in [0.15, 0.2) is 54.1 Å². The molecule has 4 rings (SSSR count). The van der Waals surface area contributed by atoms with E-state index in [-0.39, 0.29) is 10.7 Å². The smallest absolute Gasteiger partial charge is 0.270 e. The van der Waals surface area contributed by atoms with Gasteiger partial charge in [-0.05, 0) is 67.7 Å². The molecule has 1 aromatic heterocycles. The quantitative estimate of drug-likeness (QED) is 0.329. The molecule has 32 heavy (non-hydrogen) atoms. The van der Waals surface area contributed by atoms with E-state index >= 15 is 0 Å². The molecule has 1 saturated heterocycles. The van der Waals surface area contributed by atoms with Crippen molar-refractivity contribution in [3.63, 3.8) is 0 Å². The zero-order valence-corrected chi connectivity index (χ0v) is 19.3. The summed E-state index contributed by atoms with van der Waals surface area (Å²) in [7, 11) is 1.70. The molecule has 2 amide bonds.